The first-order chi connectivity index (χ1) is 14.7. The normalized spacial score (nSPS) is 11.0. The van der Waals surface area contributed by atoms with Crippen molar-refractivity contribution < 1.29 is 15.3 Å². The fourth-order valence-electron chi connectivity index (χ4n) is 3.62. The third kappa shape index (κ3) is 3.80. The van der Waals surface area contributed by atoms with Crippen LogP contribution in [-0.2, 0) is 0 Å². The Morgan fingerprint density at radius 3 is 1.39 bits per heavy atom. The van der Waals surface area contributed by atoms with E-state index in [2.05, 4.69) is 22.1 Å². The fourth-order valence-corrected chi connectivity index (χ4v) is 3.62. The van der Waals surface area contributed by atoms with E-state index in [1.54, 1.807) is 0 Å². The van der Waals surface area contributed by atoms with Crippen LogP contribution in [0.15, 0.2) is 48.5 Å². The highest BCUT2D eigenvalue weighted by Gasteiger charge is 2.19. The van der Waals surface area contributed by atoms with Crippen molar-refractivity contribution in [2.45, 2.75) is 27.7 Å². The van der Waals surface area contributed by atoms with Crippen LogP contribution in [-0.4, -0.2) is 30.3 Å². The Morgan fingerprint density at radius 2 is 0.935 bits per heavy atom. The summed E-state index contributed by atoms with van der Waals surface area (Å²) in [5.74, 6) is -0.385. The number of phenolic OH excluding ortho intramolecular Hbond substituents is 3. The molecule has 0 aliphatic carbocycles. The van der Waals surface area contributed by atoms with Crippen molar-refractivity contribution >= 4 is 0 Å². The molecule has 0 aliphatic rings. The van der Waals surface area contributed by atoms with Crippen molar-refractivity contribution in [1.29, 1.82) is 0 Å². The molecule has 0 bridgehead atoms. The van der Waals surface area contributed by atoms with Crippen LogP contribution >= 0.6 is 0 Å². The van der Waals surface area contributed by atoms with Crippen molar-refractivity contribution in [2.24, 2.45) is 0 Å². The Kier molecular flexibility index (Phi) is 5.07. The number of phenols is 3. The van der Waals surface area contributed by atoms with E-state index in [-0.39, 0.29) is 11.4 Å². The maximum Gasteiger partial charge on any atom is 0.201 e. The number of rotatable bonds is 3. The highest BCUT2D eigenvalue weighted by Crippen LogP contribution is 2.41. The smallest absolute Gasteiger partial charge is 0.201 e. The van der Waals surface area contributed by atoms with Crippen LogP contribution in [0.2, 0.25) is 0 Å². The molecular formula is C25H23N3O3. The summed E-state index contributed by atoms with van der Waals surface area (Å²) in [7, 11) is 0. The second-order valence-corrected chi connectivity index (χ2v) is 7.77. The summed E-state index contributed by atoms with van der Waals surface area (Å²) in [6.07, 6.45) is 0. The van der Waals surface area contributed by atoms with Crippen LogP contribution in [0.4, 0.5) is 0 Å². The van der Waals surface area contributed by atoms with Crippen molar-refractivity contribution in [2.75, 3.05) is 0 Å². The fraction of sp³-hybridized carbons (Fsp3) is 0.160. The van der Waals surface area contributed by atoms with Gasteiger partial charge >= 0.3 is 0 Å². The number of hydrogen-bond acceptors (Lipinski definition) is 6. The van der Waals surface area contributed by atoms with Gasteiger partial charge in [0.15, 0.2) is 29.0 Å². The van der Waals surface area contributed by atoms with Crippen LogP contribution in [0, 0.1) is 27.7 Å². The Bertz CT molecular complexity index is 1250. The number of nitrogens with zero attached hydrogens (tertiary/aromatic N) is 3. The summed E-state index contributed by atoms with van der Waals surface area (Å²) in [6, 6.07) is 14.8. The predicted octanol–water partition coefficient (Wildman–Crippen LogP) is 5.22. The van der Waals surface area contributed by atoms with Crippen LogP contribution < -0.4 is 0 Å². The summed E-state index contributed by atoms with van der Waals surface area (Å²) in [6.45, 7) is 8.03. The van der Waals surface area contributed by atoms with Gasteiger partial charge in [0.25, 0.3) is 0 Å². The Hall–Kier alpha value is -3.93. The van der Waals surface area contributed by atoms with Gasteiger partial charge in [0, 0.05) is 11.1 Å². The van der Waals surface area contributed by atoms with Gasteiger partial charge in [-0.25, -0.2) is 15.0 Å². The predicted molar refractivity (Wildman–Crippen MR) is 120 cm³/mol. The molecule has 0 radical (unpaired) electrons. The average molecular weight is 413 g/mol. The third-order valence-corrected chi connectivity index (χ3v) is 5.25. The number of benzene rings is 3. The number of aromatic nitrogens is 3. The highest BCUT2D eigenvalue weighted by molar-refractivity contribution is 5.74. The molecule has 6 nitrogen and oxygen atoms in total. The highest BCUT2D eigenvalue weighted by atomic mass is 16.3. The zero-order valence-corrected chi connectivity index (χ0v) is 17.8. The number of aromatic hydroxyl groups is 3. The average Bonchev–Trinajstić information content (AvgIpc) is 2.72. The van der Waals surface area contributed by atoms with E-state index in [9.17, 15) is 15.3 Å². The SMILES string of the molecule is Cc1ccc(-c2nc(-c3ccc(C)cc3C)nc(-c3ccc(O)c(O)c3O)n2)c(C)c1. The molecule has 6 heteroatoms. The zero-order valence-electron chi connectivity index (χ0n) is 17.8. The summed E-state index contributed by atoms with van der Waals surface area (Å²) >= 11 is 0. The minimum Gasteiger partial charge on any atom is -0.504 e. The van der Waals surface area contributed by atoms with E-state index in [0.717, 1.165) is 33.4 Å². The monoisotopic (exact) mass is 413 g/mol. The minimum absolute atomic E-state index is 0.202. The molecule has 31 heavy (non-hydrogen) atoms. The molecule has 0 saturated heterocycles. The van der Waals surface area contributed by atoms with Gasteiger partial charge in [-0.2, -0.15) is 0 Å². The molecule has 0 aliphatic heterocycles. The lowest BCUT2D eigenvalue weighted by atomic mass is 10.0. The van der Waals surface area contributed by atoms with Crippen molar-refractivity contribution in [3.05, 3.63) is 70.8 Å². The quantitative estimate of drug-likeness (QED) is 0.398. The second-order valence-electron chi connectivity index (χ2n) is 7.77. The molecule has 1 aromatic heterocycles. The lowest BCUT2D eigenvalue weighted by Crippen LogP contribution is -2.02. The largest absolute Gasteiger partial charge is 0.504 e. The number of hydrogen-bond donors (Lipinski definition) is 3. The molecule has 0 unspecified atom stereocenters. The first-order valence-corrected chi connectivity index (χ1v) is 9.90. The van der Waals surface area contributed by atoms with Gasteiger partial charge in [-0.3, -0.25) is 0 Å². The molecule has 3 N–H and O–H groups in total. The minimum atomic E-state index is -0.612. The molecule has 0 fully saturated rings. The molecule has 4 rings (SSSR count). The van der Waals surface area contributed by atoms with Gasteiger partial charge < -0.3 is 15.3 Å². The molecule has 156 valence electrons. The van der Waals surface area contributed by atoms with Gasteiger partial charge in [-0.1, -0.05) is 47.5 Å². The second kappa shape index (κ2) is 7.72. The van der Waals surface area contributed by atoms with Gasteiger partial charge in [0.05, 0.1) is 5.56 Å². The van der Waals surface area contributed by atoms with E-state index < -0.39 is 17.2 Å². The summed E-state index contributed by atoms with van der Waals surface area (Å²) in [5, 5.41) is 30.1. The molecule has 0 saturated carbocycles. The van der Waals surface area contributed by atoms with Gasteiger partial charge in [0.2, 0.25) is 5.75 Å². The molecule has 1 heterocycles. The van der Waals surface area contributed by atoms with E-state index in [0.29, 0.717) is 11.6 Å². The summed E-state index contributed by atoms with van der Waals surface area (Å²) in [4.78, 5) is 13.9. The topological polar surface area (TPSA) is 99.4 Å². The standard InChI is InChI=1S/C25H23N3O3/c1-13-5-7-17(15(3)11-13)23-26-24(18-8-6-14(2)12-16(18)4)28-25(27-23)19-9-10-20(29)22(31)21(19)30/h5-12,29-31H,1-4H3. The van der Waals surface area contributed by atoms with Crippen LogP contribution in [0.1, 0.15) is 22.3 Å². The van der Waals surface area contributed by atoms with E-state index in [1.165, 1.54) is 12.1 Å². The summed E-state index contributed by atoms with van der Waals surface area (Å²) < 4.78 is 0. The lowest BCUT2D eigenvalue weighted by molar-refractivity contribution is 0.369. The maximum absolute atomic E-state index is 10.4. The lowest BCUT2D eigenvalue weighted by Gasteiger charge is -2.13. The Balaban J connectivity index is 2.00. The summed E-state index contributed by atoms with van der Waals surface area (Å²) in [5.41, 5.74) is 6.20. The molecule has 0 atom stereocenters. The van der Waals surface area contributed by atoms with E-state index in [1.807, 2.05) is 52.0 Å². The van der Waals surface area contributed by atoms with E-state index in [4.69, 9.17) is 4.98 Å². The molecule has 0 amide bonds. The molecule has 0 spiro atoms. The first-order valence-electron chi connectivity index (χ1n) is 9.90. The van der Waals surface area contributed by atoms with Crippen LogP contribution in [0.25, 0.3) is 34.2 Å². The van der Waals surface area contributed by atoms with Crippen molar-refractivity contribution in [3.8, 4) is 51.4 Å². The van der Waals surface area contributed by atoms with Gasteiger partial charge in [-0.05, 0) is 51.0 Å². The maximum atomic E-state index is 10.4. The number of aryl methyl sites for hydroxylation is 4. The zero-order chi connectivity index (χ0) is 22.3. The van der Waals surface area contributed by atoms with Crippen LogP contribution in [0.3, 0.4) is 0 Å². The Labute approximate surface area is 180 Å². The van der Waals surface area contributed by atoms with E-state index >= 15 is 0 Å². The van der Waals surface area contributed by atoms with Crippen molar-refractivity contribution in [3.63, 3.8) is 0 Å². The Morgan fingerprint density at radius 1 is 0.516 bits per heavy atom. The molecule has 4 aromatic rings. The molecular weight excluding hydrogens is 390 g/mol. The van der Waals surface area contributed by atoms with Crippen molar-refractivity contribution in [1.82, 2.24) is 15.0 Å². The van der Waals surface area contributed by atoms with Gasteiger partial charge in [0.1, 0.15) is 0 Å². The third-order valence-electron chi connectivity index (χ3n) is 5.25. The van der Waals surface area contributed by atoms with Gasteiger partial charge in [-0.15, -0.1) is 0 Å². The van der Waals surface area contributed by atoms with Crippen LogP contribution in [0.5, 0.6) is 17.2 Å². The first kappa shape index (κ1) is 20.3. The molecule has 3 aromatic carbocycles.